The lowest BCUT2D eigenvalue weighted by atomic mass is 10.1. The van der Waals surface area contributed by atoms with Crippen molar-refractivity contribution in [1.82, 2.24) is 15.2 Å². The van der Waals surface area contributed by atoms with Gasteiger partial charge in [-0.2, -0.15) is 10.2 Å². The van der Waals surface area contributed by atoms with Crippen LogP contribution < -0.4 is 10.2 Å². The number of benzene rings is 3. The first-order chi connectivity index (χ1) is 15.6. The van der Waals surface area contributed by atoms with Crippen molar-refractivity contribution >= 4 is 12.1 Å². The van der Waals surface area contributed by atoms with E-state index in [9.17, 15) is 4.79 Å². The van der Waals surface area contributed by atoms with Crippen LogP contribution in [0.25, 0.3) is 16.9 Å². The summed E-state index contributed by atoms with van der Waals surface area (Å²) in [7, 11) is 0. The summed E-state index contributed by atoms with van der Waals surface area (Å²) in [5.41, 5.74) is 8.29. The Morgan fingerprint density at radius 3 is 2.53 bits per heavy atom. The number of hydrogen-bond acceptors (Lipinski definition) is 4. The van der Waals surface area contributed by atoms with Gasteiger partial charge in [-0.25, -0.2) is 10.1 Å². The van der Waals surface area contributed by atoms with Crippen LogP contribution in [0.4, 0.5) is 0 Å². The predicted molar refractivity (Wildman–Crippen MR) is 126 cm³/mol. The van der Waals surface area contributed by atoms with Crippen LogP contribution in [0.15, 0.2) is 90.2 Å². The quantitative estimate of drug-likeness (QED) is 0.346. The number of nitrogens with one attached hydrogen (secondary N) is 1. The second kappa shape index (κ2) is 9.75. The number of hydrogen-bond donors (Lipinski definition) is 1. The van der Waals surface area contributed by atoms with Gasteiger partial charge < -0.3 is 4.74 Å². The van der Waals surface area contributed by atoms with E-state index in [1.165, 1.54) is 0 Å². The van der Waals surface area contributed by atoms with Gasteiger partial charge in [0.1, 0.15) is 11.4 Å². The summed E-state index contributed by atoms with van der Waals surface area (Å²) in [5.74, 6) is 0.301. The molecular weight excluding hydrogens is 400 g/mol. The Labute approximate surface area is 187 Å². The molecule has 32 heavy (non-hydrogen) atoms. The third-order valence-corrected chi connectivity index (χ3v) is 4.84. The van der Waals surface area contributed by atoms with E-state index in [2.05, 4.69) is 16.6 Å². The molecule has 1 amide bonds. The average Bonchev–Trinajstić information content (AvgIpc) is 3.23. The van der Waals surface area contributed by atoms with E-state index in [1.807, 2.05) is 92.8 Å². The summed E-state index contributed by atoms with van der Waals surface area (Å²) in [5, 5.41) is 8.89. The molecule has 0 radical (unpaired) electrons. The van der Waals surface area contributed by atoms with Crippen molar-refractivity contribution in [3.63, 3.8) is 0 Å². The zero-order chi connectivity index (χ0) is 22.3. The molecule has 160 valence electrons. The number of carbonyl (C=O) groups is 1. The van der Waals surface area contributed by atoms with E-state index in [-0.39, 0.29) is 12.5 Å². The maximum absolute atomic E-state index is 12.1. The van der Waals surface area contributed by atoms with Crippen LogP contribution in [0, 0.1) is 13.8 Å². The molecule has 0 saturated carbocycles. The molecule has 0 unspecified atom stereocenters. The molecule has 1 N–H and O–H groups in total. The largest absolute Gasteiger partial charge is 0.484 e. The molecule has 6 nitrogen and oxygen atoms in total. The molecule has 1 heterocycles. The number of aryl methyl sites for hydroxylation is 2. The molecule has 0 aliphatic rings. The van der Waals surface area contributed by atoms with E-state index in [0.717, 1.165) is 33.6 Å². The highest BCUT2D eigenvalue weighted by Crippen LogP contribution is 2.23. The number of hydrazone groups is 1. The third kappa shape index (κ3) is 5.29. The molecule has 3 aromatic carbocycles. The van der Waals surface area contributed by atoms with Crippen molar-refractivity contribution in [2.24, 2.45) is 5.10 Å². The molecule has 0 fully saturated rings. The number of ether oxygens (including phenoxy) is 1. The molecule has 0 aliphatic carbocycles. The lowest BCUT2D eigenvalue weighted by molar-refractivity contribution is -0.123. The summed E-state index contributed by atoms with van der Waals surface area (Å²) in [6, 6.07) is 25.5. The van der Waals surface area contributed by atoms with Gasteiger partial charge in [0.15, 0.2) is 6.61 Å². The van der Waals surface area contributed by atoms with E-state index >= 15 is 0 Å². The van der Waals surface area contributed by atoms with Crippen molar-refractivity contribution in [2.45, 2.75) is 13.8 Å². The average molecular weight is 425 g/mol. The molecule has 0 atom stereocenters. The molecule has 0 spiro atoms. The predicted octanol–water partition coefficient (Wildman–Crippen LogP) is 4.69. The monoisotopic (exact) mass is 424 g/mol. The van der Waals surface area contributed by atoms with Gasteiger partial charge in [-0.1, -0.05) is 59.7 Å². The van der Waals surface area contributed by atoms with Gasteiger partial charge in [0.2, 0.25) is 0 Å². The first-order valence-corrected chi connectivity index (χ1v) is 10.3. The van der Waals surface area contributed by atoms with E-state index in [4.69, 9.17) is 9.84 Å². The Kier molecular flexibility index (Phi) is 6.41. The molecular formula is C26H24N4O2. The van der Waals surface area contributed by atoms with E-state index in [0.29, 0.717) is 5.75 Å². The Bertz CT molecular complexity index is 1230. The number of nitrogens with zero attached hydrogens (tertiary/aromatic N) is 3. The maximum atomic E-state index is 12.1. The third-order valence-electron chi connectivity index (χ3n) is 4.84. The minimum absolute atomic E-state index is 0.117. The van der Waals surface area contributed by atoms with Gasteiger partial charge in [-0.3, -0.25) is 4.79 Å². The SMILES string of the molecule is Cc1ccc(OCC(=O)NN=Cc2cn(-c3ccccc3)nc2-c2cccc(C)c2)cc1. The molecule has 0 bridgehead atoms. The second-order valence-electron chi connectivity index (χ2n) is 7.48. The van der Waals surface area contributed by atoms with Gasteiger partial charge in [0.25, 0.3) is 5.91 Å². The fraction of sp³-hybridized carbons (Fsp3) is 0.115. The maximum Gasteiger partial charge on any atom is 0.277 e. The van der Waals surface area contributed by atoms with Crippen LogP contribution in [0.1, 0.15) is 16.7 Å². The minimum atomic E-state index is -0.339. The van der Waals surface area contributed by atoms with Crippen LogP contribution in [-0.2, 0) is 4.79 Å². The lowest BCUT2D eigenvalue weighted by Gasteiger charge is -2.05. The van der Waals surface area contributed by atoms with Crippen molar-refractivity contribution in [2.75, 3.05) is 6.61 Å². The summed E-state index contributed by atoms with van der Waals surface area (Å²) < 4.78 is 7.30. The molecule has 6 heteroatoms. The highest BCUT2D eigenvalue weighted by Gasteiger charge is 2.11. The fourth-order valence-electron chi connectivity index (χ4n) is 3.20. The Morgan fingerprint density at radius 2 is 1.78 bits per heavy atom. The van der Waals surface area contributed by atoms with Gasteiger partial charge in [-0.15, -0.1) is 0 Å². The van der Waals surface area contributed by atoms with Crippen molar-refractivity contribution in [1.29, 1.82) is 0 Å². The standard InChI is InChI=1S/C26H24N4O2/c1-19-11-13-24(14-12-19)32-18-25(31)28-27-16-22-17-30(23-9-4-3-5-10-23)29-26(22)21-8-6-7-20(2)15-21/h3-17H,18H2,1-2H3,(H,28,31). The van der Waals surface area contributed by atoms with Crippen LogP contribution in [-0.4, -0.2) is 28.5 Å². The summed E-state index contributed by atoms with van der Waals surface area (Å²) in [6.07, 6.45) is 3.50. The van der Waals surface area contributed by atoms with Gasteiger partial charge in [-0.05, 0) is 44.2 Å². The molecule has 4 rings (SSSR count). The fourth-order valence-corrected chi connectivity index (χ4v) is 3.20. The zero-order valence-corrected chi connectivity index (χ0v) is 18.0. The molecule has 0 aliphatic heterocycles. The van der Waals surface area contributed by atoms with Gasteiger partial charge >= 0.3 is 0 Å². The minimum Gasteiger partial charge on any atom is -0.484 e. The second-order valence-corrected chi connectivity index (χ2v) is 7.48. The number of carbonyl (C=O) groups excluding carboxylic acids is 1. The van der Waals surface area contributed by atoms with Crippen molar-refractivity contribution in [3.05, 3.63) is 102 Å². The first kappa shape index (κ1) is 21.1. The number of para-hydroxylation sites is 1. The smallest absolute Gasteiger partial charge is 0.277 e. The van der Waals surface area contributed by atoms with Crippen molar-refractivity contribution in [3.8, 4) is 22.7 Å². The number of aromatic nitrogens is 2. The molecule has 4 aromatic rings. The lowest BCUT2D eigenvalue weighted by Crippen LogP contribution is -2.24. The highest BCUT2D eigenvalue weighted by atomic mass is 16.5. The van der Waals surface area contributed by atoms with E-state index in [1.54, 1.807) is 10.9 Å². The zero-order valence-electron chi connectivity index (χ0n) is 18.0. The Hall–Kier alpha value is -4.19. The summed E-state index contributed by atoms with van der Waals surface area (Å²) >= 11 is 0. The molecule has 1 aromatic heterocycles. The van der Waals surface area contributed by atoms with Crippen molar-refractivity contribution < 1.29 is 9.53 Å². The van der Waals surface area contributed by atoms with Crippen LogP contribution in [0.3, 0.4) is 0 Å². The van der Waals surface area contributed by atoms with Gasteiger partial charge in [0, 0.05) is 17.3 Å². The highest BCUT2D eigenvalue weighted by molar-refractivity contribution is 5.89. The summed E-state index contributed by atoms with van der Waals surface area (Å²) in [6.45, 7) is 3.92. The molecule has 0 saturated heterocycles. The Morgan fingerprint density at radius 1 is 1.00 bits per heavy atom. The number of amides is 1. The first-order valence-electron chi connectivity index (χ1n) is 10.3. The van der Waals surface area contributed by atoms with Crippen LogP contribution >= 0.6 is 0 Å². The Balaban J connectivity index is 1.50. The number of rotatable bonds is 7. The summed E-state index contributed by atoms with van der Waals surface area (Å²) in [4.78, 5) is 12.1. The topological polar surface area (TPSA) is 68.5 Å². The van der Waals surface area contributed by atoms with E-state index < -0.39 is 0 Å². The van der Waals surface area contributed by atoms with Crippen LogP contribution in [0.2, 0.25) is 0 Å². The normalized spacial score (nSPS) is 10.9. The van der Waals surface area contributed by atoms with Gasteiger partial charge in [0.05, 0.1) is 11.9 Å². The van der Waals surface area contributed by atoms with Crippen LogP contribution in [0.5, 0.6) is 5.75 Å².